The molecule has 13 heteroatoms. The summed E-state index contributed by atoms with van der Waals surface area (Å²) in [5.74, 6) is 0.826. The van der Waals surface area contributed by atoms with Gasteiger partial charge >= 0.3 is 6.09 Å². The van der Waals surface area contributed by atoms with Crippen molar-refractivity contribution in [2.45, 2.75) is 43.7 Å². The molecule has 0 aliphatic carbocycles. The third kappa shape index (κ3) is 9.03. The minimum Gasteiger partial charge on any atom is -0.506 e. The van der Waals surface area contributed by atoms with E-state index in [2.05, 4.69) is 20.9 Å². The van der Waals surface area contributed by atoms with Gasteiger partial charge < -0.3 is 50.3 Å². The Hall–Kier alpha value is -5.73. The first-order valence-electron chi connectivity index (χ1n) is 20.0. The van der Waals surface area contributed by atoms with Crippen LogP contribution in [0.4, 0.5) is 4.79 Å². The second-order valence-electron chi connectivity index (χ2n) is 15.4. The average Bonchev–Trinajstić information content (AvgIpc) is 3.25. The number of amides is 2. The number of nitrogens with one attached hydrogen (secondary N) is 4. The first-order chi connectivity index (χ1) is 28.3. The Morgan fingerprint density at radius 2 is 1.62 bits per heavy atom. The number of aromatic nitrogens is 1. The maximum Gasteiger partial charge on any atom is 0.408 e. The molecular formula is C45H49N5O8. The fourth-order valence-electron chi connectivity index (χ4n) is 8.32. The largest absolute Gasteiger partial charge is 0.506 e. The van der Waals surface area contributed by atoms with Crippen LogP contribution >= 0.6 is 0 Å². The normalized spacial score (nSPS) is 20.6. The van der Waals surface area contributed by atoms with E-state index < -0.39 is 18.2 Å². The number of alkyl carbamates (subject to hydrolysis) is 1. The number of ether oxygens (including phenoxy) is 3. The monoisotopic (exact) mass is 787 g/mol. The number of aromatic amines is 1. The predicted molar refractivity (Wildman–Crippen MR) is 218 cm³/mol. The summed E-state index contributed by atoms with van der Waals surface area (Å²) in [5.41, 5.74) is 3.88. The lowest BCUT2D eigenvalue weighted by molar-refractivity contribution is -0.0974. The van der Waals surface area contributed by atoms with Crippen molar-refractivity contribution in [3.8, 4) is 11.5 Å². The smallest absolute Gasteiger partial charge is 0.408 e. The van der Waals surface area contributed by atoms with Crippen LogP contribution in [-0.4, -0.2) is 90.2 Å². The van der Waals surface area contributed by atoms with Crippen LogP contribution in [0.2, 0.25) is 0 Å². The number of H-pyrrole nitrogens is 1. The number of hydrogen-bond donors (Lipinski definition) is 6. The second kappa shape index (κ2) is 17.8. The molecule has 4 atom stereocenters. The molecule has 1 aromatic heterocycles. The van der Waals surface area contributed by atoms with E-state index in [9.17, 15) is 24.6 Å². The number of rotatable bonds is 12. The molecule has 302 valence electrons. The number of pyridine rings is 1. The van der Waals surface area contributed by atoms with E-state index in [1.54, 1.807) is 12.1 Å². The lowest BCUT2D eigenvalue weighted by Crippen LogP contribution is -2.56. The first kappa shape index (κ1) is 39.1. The van der Waals surface area contributed by atoms with E-state index in [0.29, 0.717) is 67.2 Å². The van der Waals surface area contributed by atoms with Gasteiger partial charge in [-0.2, -0.15) is 0 Å². The number of benzene rings is 4. The topological polar surface area (TPSA) is 174 Å². The lowest BCUT2D eigenvalue weighted by Gasteiger charge is -2.41. The van der Waals surface area contributed by atoms with E-state index in [1.807, 2.05) is 83.8 Å². The Kier molecular flexibility index (Phi) is 12.0. The summed E-state index contributed by atoms with van der Waals surface area (Å²) in [6.07, 6.45) is -0.0238. The Balaban J connectivity index is 0.829. The van der Waals surface area contributed by atoms with Crippen molar-refractivity contribution in [1.82, 2.24) is 25.8 Å². The third-order valence-electron chi connectivity index (χ3n) is 11.5. The van der Waals surface area contributed by atoms with Gasteiger partial charge in [0.1, 0.15) is 24.2 Å². The third-order valence-corrected chi connectivity index (χ3v) is 11.5. The molecule has 3 aliphatic heterocycles. The van der Waals surface area contributed by atoms with E-state index in [0.717, 1.165) is 42.6 Å². The van der Waals surface area contributed by atoms with Crippen LogP contribution in [0, 0.1) is 11.8 Å². The van der Waals surface area contributed by atoms with Gasteiger partial charge in [0.15, 0.2) is 0 Å². The highest BCUT2D eigenvalue weighted by Crippen LogP contribution is 2.31. The number of carbonyl (C=O) groups is 2. The Morgan fingerprint density at radius 1 is 0.879 bits per heavy atom. The summed E-state index contributed by atoms with van der Waals surface area (Å²) < 4.78 is 18.0. The molecule has 3 fully saturated rings. The van der Waals surface area contributed by atoms with E-state index >= 15 is 0 Å². The zero-order chi connectivity index (χ0) is 40.0. The number of aromatic hydroxyl groups is 1. The van der Waals surface area contributed by atoms with Gasteiger partial charge in [-0.15, -0.1) is 0 Å². The number of phenolic OH excluding ortho intramolecular Hbond substituents is 1. The van der Waals surface area contributed by atoms with Crippen molar-refractivity contribution in [3.05, 3.63) is 141 Å². The lowest BCUT2D eigenvalue weighted by atomic mass is 9.86. The average molecular weight is 788 g/mol. The van der Waals surface area contributed by atoms with Crippen LogP contribution in [0.3, 0.4) is 0 Å². The van der Waals surface area contributed by atoms with Gasteiger partial charge in [0, 0.05) is 67.6 Å². The SMILES string of the molecule is O=C(NC(c1ccccc1)c1cccc(OCc2ccc(C(=O)N3CCC(NC[C@H](O)c4ccc(O)c5[nH]c(=O)ccc45)CC3)cc2)c1)OC1C2CNCC1COC2. The molecule has 4 heterocycles. The summed E-state index contributed by atoms with van der Waals surface area (Å²) in [4.78, 5) is 43.0. The van der Waals surface area contributed by atoms with Crippen molar-refractivity contribution < 1.29 is 34.0 Å². The minimum absolute atomic E-state index is 0.0297. The summed E-state index contributed by atoms with van der Waals surface area (Å²) in [7, 11) is 0. The number of aliphatic hydroxyl groups is 1. The minimum atomic E-state index is -0.848. The van der Waals surface area contributed by atoms with Gasteiger partial charge in [0.05, 0.1) is 30.9 Å². The number of nitrogens with zero attached hydrogens (tertiary/aromatic N) is 1. The van der Waals surface area contributed by atoms with Crippen LogP contribution < -0.4 is 26.2 Å². The maximum atomic E-state index is 13.4. The number of carbonyl (C=O) groups excluding carboxylic acids is 2. The van der Waals surface area contributed by atoms with Crippen LogP contribution in [0.5, 0.6) is 11.5 Å². The molecule has 0 radical (unpaired) electrons. The molecule has 4 aromatic carbocycles. The molecule has 2 bridgehead atoms. The number of piperidine rings is 2. The molecule has 3 saturated heterocycles. The quantitative estimate of drug-likeness (QED) is 0.103. The molecular weight excluding hydrogens is 739 g/mol. The van der Waals surface area contributed by atoms with E-state index in [-0.39, 0.29) is 41.2 Å². The van der Waals surface area contributed by atoms with Gasteiger partial charge in [-0.1, -0.05) is 60.7 Å². The highest BCUT2D eigenvalue weighted by molar-refractivity contribution is 5.94. The van der Waals surface area contributed by atoms with Gasteiger partial charge in [-0.3, -0.25) is 9.59 Å². The van der Waals surface area contributed by atoms with E-state index in [4.69, 9.17) is 14.2 Å². The number of hydrogen-bond acceptors (Lipinski definition) is 10. The molecule has 13 nitrogen and oxygen atoms in total. The van der Waals surface area contributed by atoms with Crippen LogP contribution in [0.1, 0.15) is 57.6 Å². The van der Waals surface area contributed by atoms with Gasteiger partial charge in [0.2, 0.25) is 5.56 Å². The van der Waals surface area contributed by atoms with Crippen molar-refractivity contribution in [1.29, 1.82) is 0 Å². The molecule has 2 amide bonds. The van der Waals surface area contributed by atoms with Crippen LogP contribution in [0.15, 0.2) is 108 Å². The fourth-order valence-corrected chi connectivity index (χ4v) is 8.32. The highest BCUT2D eigenvalue weighted by Gasteiger charge is 2.40. The van der Waals surface area contributed by atoms with Crippen molar-refractivity contribution in [2.24, 2.45) is 11.8 Å². The summed E-state index contributed by atoms with van der Waals surface area (Å²) in [6.45, 7) is 4.42. The molecule has 58 heavy (non-hydrogen) atoms. The zero-order valence-corrected chi connectivity index (χ0v) is 32.1. The molecule has 0 spiro atoms. The molecule has 3 unspecified atom stereocenters. The van der Waals surface area contributed by atoms with Crippen molar-refractivity contribution >= 4 is 22.9 Å². The number of likely N-dealkylation sites (tertiary alicyclic amines) is 1. The molecule has 6 N–H and O–H groups in total. The van der Waals surface area contributed by atoms with Gasteiger partial charge in [-0.25, -0.2) is 4.79 Å². The fraction of sp³-hybridized carbons (Fsp3) is 0.356. The first-order valence-corrected chi connectivity index (χ1v) is 20.0. The maximum absolute atomic E-state index is 13.4. The van der Waals surface area contributed by atoms with E-state index in [1.165, 1.54) is 12.1 Å². The number of aliphatic hydroxyl groups excluding tert-OH is 1. The number of fused-ring (bicyclic) bond motifs is 3. The Morgan fingerprint density at radius 3 is 2.38 bits per heavy atom. The van der Waals surface area contributed by atoms with Gasteiger partial charge in [-0.05, 0) is 71.5 Å². The van der Waals surface area contributed by atoms with Crippen LogP contribution in [-0.2, 0) is 16.1 Å². The molecule has 0 saturated carbocycles. The summed E-state index contributed by atoms with van der Waals surface area (Å²) >= 11 is 0. The zero-order valence-electron chi connectivity index (χ0n) is 32.1. The van der Waals surface area contributed by atoms with Gasteiger partial charge in [0.25, 0.3) is 5.91 Å². The van der Waals surface area contributed by atoms with Crippen molar-refractivity contribution in [3.63, 3.8) is 0 Å². The number of phenols is 1. The summed E-state index contributed by atoms with van der Waals surface area (Å²) in [5, 5.41) is 31.7. The Labute approximate surface area is 336 Å². The van der Waals surface area contributed by atoms with Crippen LogP contribution in [0.25, 0.3) is 10.9 Å². The Bertz CT molecular complexity index is 2240. The predicted octanol–water partition coefficient (Wildman–Crippen LogP) is 4.79. The highest BCUT2D eigenvalue weighted by atomic mass is 16.6. The second-order valence-corrected chi connectivity index (χ2v) is 15.4. The van der Waals surface area contributed by atoms with Crippen molar-refractivity contribution in [2.75, 3.05) is 45.9 Å². The standard InChI is InChI=1S/C45H49N5O8/c51-38-15-13-36(37-14-16-40(53)48-42(37)38)39(52)24-47-34-17-19-50(20-18-34)44(54)30-11-9-28(10-12-30)25-57-35-8-4-7-31(21-35)41(29-5-2-1-3-6-29)49-45(55)58-43-32-22-46-23-33(43)27-56-26-32/h1-16,21,32-34,39,41,43,46-47,51-52H,17-20,22-27H2,(H,48,53)(H,49,55)/t32?,33?,39-,41?,43?/m0/s1. The molecule has 8 rings (SSSR count). The summed E-state index contributed by atoms with van der Waals surface area (Å²) in [6, 6.07) is 30.7. The molecule has 3 aliphatic rings. The molecule has 5 aromatic rings.